The summed E-state index contributed by atoms with van der Waals surface area (Å²) in [5.41, 5.74) is 0.252. The van der Waals surface area contributed by atoms with Crippen LogP contribution >= 0.6 is 15.9 Å². The molecule has 18 heavy (non-hydrogen) atoms. The zero-order chi connectivity index (χ0) is 13.2. The van der Waals surface area contributed by atoms with Crippen LogP contribution in [0.2, 0.25) is 0 Å². The number of carbonyl (C=O) groups excluding carboxylic acids is 1. The zero-order valence-electron chi connectivity index (χ0n) is 10.4. The van der Waals surface area contributed by atoms with Crippen LogP contribution in [0.4, 0.5) is 5.69 Å². The first-order chi connectivity index (χ1) is 8.59. The fraction of sp³-hybridized carbons (Fsp3) is 0.462. The molecule has 5 heteroatoms. The minimum absolute atomic E-state index is 0.118. The number of carbonyl (C=O) groups is 1. The maximum absolute atomic E-state index is 11.9. The molecule has 0 heterocycles. The number of esters is 1. The van der Waals surface area contributed by atoms with Crippen molar-refractivity contribution in [2.24, 2.45) is 0 Å². The van der Waals surface area contributed by atoms with Crippen LogP contribution in [-0.2, 0) is 14.3 Å². The molecule has 2 rings (SSSR count). The Morgan fingerprint density at radius 3 is 2.44 bits per heavy atom. The van der Waals surface area contributed by atoms with E-state index >= 15 is 0 Å². The first-order valence-corrected chi connectivity index (χ1v) is 6.54. The first-order valence-electron chi connectivity index (χ1n) is 5.74. The molecule has 4 nitrogen and oxygen atoms in total. The van der Waals surface area contributed by atoms with Gasteiger partial charge in [-0.15, -0.1) is 0 Å². The Morgan fingerprint density at radius 1 is 1.33 bits per heavy atom. The van der Waals surface area contributed by atoms with Crippen molar-refractivity contribution in [1.29, 1.82) is 0 Å². The Kier molecular flexibility index (Phi) is 3.92. The Bertz CT molecular complexity index is 426. The predicted octanol–water partition coefficient (Wildman–Crippen LogP) is 2.58. The van der Waals surface area contributed by atoms with Gasteiger partial charge in [0.1, 0.15) is 5.54 Å². The van der Waals surface area contributed by atoms with Crippen molar-refractivity contribution in [2.45, 2.75) is 24.5 Å². The van der Waals surface area contributed by atoms with Crippen molar-refractivity contribution < 1.29 is 14.3 Å². The van der Waals surface area contributed by atoms with Crippen molar-refractivity contribution >= 4 is 27.6 Å². The van der Waals surface area contributed by atoms with Gasteiger partial charge in [-0.1, -0.05) is 15.9 Å². The van der Waals surface area contributed by atoms with E-state index in [4.69, 9.17) is 9.47 Å². The number of benzene rings is 1. The van der Waals surface area contributed by atoms with Crippen LogP contribution in [0.15, 0.2) is 28.7 Å². The second kappa shape index (κ2) is 5.28. The Balaban J connectivity index is 2.12. The first kappa shape index (κ1) is 13.4. The second-order valence-corrected chi connectivity index (χ2v) is 5.39. The molecule has 1 aliphatic rings. The van der Waals surface area contributed by atoms with E-state index in [1.54, 1.807) is 7.11 Å². The lowest BCUT2D eigenvalue weighted by Crippen LogP contribution is -2.59. The lowest BCUT2D eigenvalue weighted by atomic mass is 9.74. The van der Waals surface area contributed by atoms with Crippen LogP contribution in [0.3, 0.4) is 0 Å². The summed E-state index contributed by atoms with van der Waals surface area (Å²) >= 11 is 3.38. The highest BCUT2D eigenvalue weighted by molar-refractivity contribution is 9.10. The summed E-state index contributed by atoms with van der Waals surface area (Å²) in [6.45, 7) is 0. The van der Waals surface area contributed by atoms with Gasteiger partial charge in [-0.3, -0.25) is 0 Å². The van der Waals surface area contributed by atoms with E-state index in [0.717, 1.165) is 10.2 Å². The van der Waals surface area contributed by atoms with E-state index in [1.807, 2.05) is 24.3 Å². The highest BCUT2D eigenvalue weighted by Crippen LogP contribution is 2.38. The van der Waals surface area contributed by atoms with Gasteiger partial charge < -0.3 is 14.8 Å². The molecule has 0 aromatic heterocycles. The molecule has 0 atom stereocenters. The maximum Gasteiger partial charge on any atom is 0.331 e. The molecular weight excluding hydrogens is 298 g/mol. The van der Waals surface area contributed by atoms with Gasteiger partial charge in [0.15, 0.2) is 0 Å². The van der Waals surface area contributed by atoms with E-state index < -0.39 is 5.54 Å². The van der Waals surface area contributed by atoms with Gasteiger partial charge in [0.2, 0.25) is 0 Å². The summed E-state index contributed by atoms with van der Waals surface area (Å²) in [7, 11) is 3.07. The van der Waals surface area contributed by atoms with Crippen molar-refractivity contribution in [1.82, 2.24) is 0 Å². The van der Waals surface area contributed by atoms with Crippen LogP contribution in [0, 0.1) is 0 Å². The maximum atomic E-state index is 11.9. The molecule has 1 N–H and O–H groups in total. The number of hydrogen-bond acceptors (Lipinski definition) is 4. The molecular formula is C13H16BrNO3. The number of nitrogens with one attached hydrogen (secondary N) is 1. The molecule has 1 fully saturated rings. The molecule has 1 aliphatic carbocycles. The molecule has 1 aromatic rings. The van der Waals surface area contributed by atoms with Gasteiger partial charge in [0, 0.05) is 30.1 Å². The molecule has 0 saturated heterocycles. The minimum Gasteiger partial charge on any atom is -0.467 e. The average molecular weight is 314 g/mol. The molecule has 0 aliphatic heterocycles. The van der Waals surface area contributed by atoms with Crippen LogP contribution in [0.5, 0.6) is 0 Å². The third-order valence-corrected chi connectivity index (χ3v) is 3.82. The third kappa shape index (κ3) is 2.52. The summed E-state index contributed by atoms with van der Waals surface area (Å²) in [4.78, 5) is 11.9. The summed E-state index contributed by atoms with van der Waals surface area (Å²) < 4.78 is 11.1. The number of methoxy groups -OCH3 is 2. The summed E-state index contributed by atoms with van der Waals surface area (Å²) in [5, 5.41) is 3.26. The van der Waals surface area contributed by atoms with E-state index in [-0.39, 0.29) is 12.1 Å². The Hall–Kier alpha value is -1.07. The van der Waals surface area contributed by atoms with Gasteiger partial charge in [-0.25, -0.2) is 4.79 Å². The van der Waals surface area contributed by atoms with Gasteiger partial charge >= 0.3 is 5.97 Å². The van der Waals surface area contributed by atoms with Crippen LogP contribution < -0.4 is 5.32 Å². The molecule has 0 bridgehead atoms. The van der Waals surface area contributed by atoms with Crippen molar-refractivity contribution in [3.05, 3.63) is 28.7 Å². The SMILES string of the molecule is COC(=O)C1(Nc2ccc(Br)cc2)CC(OC)C1. The van der Waals surface area contributed by atoms with Crippen LogP contribution in [0.1, 0.15) is 12.8 Å². The zero-order valence-corrected chi connectivity index (χ0v) is 12.0. The van der Waals surface area contributed by atoms with Crippen LogP contribution in [-0.4, -0.2) is 31.8 Å². The van der Waals surface area contributed by atoms with Gasteiger partial charge in [0.05, 0.1) is 13.2 Å². The molecule has 1 saturated carbocycles. The fourth-order valence-corrected chi connectivity index (χ4v) is 2.47. The Labute approximate surface area is 115 Å². The molecule has 0 amide bonds. The second-order valence-electron chi connectivity index (χ2n) is 4.47. The minimum atomic E-state index is -0.650. The number of ether oxygens (including phenoxy) is 2. The molecule has 0 spiro atoms. The third-order valence-electron chi connectivity index (χ3n) is 3.29. The van der Waals surface area contributed by atoms with Gasteiger partial charge in [0.25, 0.3) is 0 Å². The highest BCUT2D eigenvalue weighted by Gasteiger charge is 2.51. The number of anilines is 1. The molecule has 98 valence electrons. The van der Waals surface area contributed by atoms with Crippen molar-refractivity contribution in [3.8, 4) is 0 Å². The quantitative estimate of drug-likeness (QED) is 0.868. The lowest BCUT2D eigenvalue weighted by molar-refractivity contribution is -0.154. The monoisotopic (exact) mass is 313 g/mol. The molecule has 1 aromatic carbocycles. The predicted molar refractivity (Wildman–Crippen MR) is 72.5 cm³/mol. The van der Waals surface area contributed by atoms with E-state index in [2.05, 4.69) is 21.2 Å². The van der Waals surface area contributed by atoms with E-state index in [9.17, 15) is 4.79 Å². The summed E-state index contributed by atoms with van der Waals surface area (Å²) in [6, 6.07) is 7.71. The lowest BCUT2D eigenvalue weighted by Gasteiger charge is -2.45. The Morgan fingerprint density at radius 2 is 1.94 bits per heavy atom. The molecule has 0 radical (unpaired) electrons. The van der Waals surface area contributed by atoms with E-state index in [1.165, 1.54) is 7.11 Å². The number of halogens is 1. The summed E-state index contributed by atoms with van der Waals surface area (Å²) in [5.74, 6) is -0.237. The largest absolute Gasteiger partial charge is 0.467 e. The van der Waals surface area contributed by atoms with Gasteiger partial charge in [-0.2, -0.15) is 0 Å². The van der Waals surface area contributed by atoms with E-state index in [0.29, 0.717) is 12.8 Å². The smallest absolute Gasteiger partial charge is 0.331 e. The average Bonchev–Trinajstić information content (AvgIpc) is 2.34. The fourth-order valence-electron chi connectivity index (χ4n) is 2.21. The topological polar surface area (TPSA) is 47.6 Å². The molecule has 0 unspecified atom stereocenters. The normalized spacial score (nSPS) is 26.3. The standard InChI is InChI=1S/C13H16BrNO3/c1-17-11-7-13(8-11,12(16)18-2)15-10-5-3-9(14)4-6-10/h3-6,11,15H,7-8H2,1-2H3. The van der Waals surface area contributed by atoms with Crippen LogP contribution in [0.25, 0.3) is 0 Å². The number of hydrogen-bond donors (Lipinski definition) is 1. The number of rotatable bonds is 4. The van der Waals surface area contributed by atoms with Gasteiger partial charge in [-0.05, 0) is 24.3 Å². The van der Waals surface area contributed by atoms with Crippen molar-refractivity contribution in [3.63, 3.8) is 0 Å². The van der Waals surface area contributed by atoms with Crippen molar-refractivity contribution in [2.75, 3.05) is 19.5 Å². The summed E-state index contributed by atoms with van der Waals surface area (Å²) in [6.07, 6.45) is 1.38. The highest BCUT2D eigenvalue weighted by atomic mass is 79.9.